The first-order valence-corrected chi connectivity index (χ1v) is 7.59. The molecule has 2 aromatic carbocycles. The van der Waals surface area contributed by atoms with E-state index in [0.717, 1.165) is 0 Å². The summed E-state index contributed by atoms with van der Waals surface area (Å²) in [4.78, 5) is 11.2. The predicted octanol–water partition coefficient (Wildman–Crippen LogP) is 2.23. The molecule has 25 heavy (non-hydrogen) atoms. The molecule has 0 aliphatic rings. The summed E-state index contributed by atoms with van der Waals surface area (Å²) in [6, 6.07) is 10.6. The van der Waals surface area contributed by atoms with Gasteiger partial charge < -0.3 is 20.9 Å². The van der Waals surface area contributed by atoms with Crippen molar-refractivity contribution in [2.75, 3.05) is 12.8 Å². The van der Waals surface area contributed by atoms with Crippen LogP contribution in [0.3, 0.4) is 0 Å². The molecule has 1 atom stereocenters. The standard InChI is InChI=1S/C19H19FN2O3/c1-24-19(23)16(21)8-4-5-13-9-10-18(17(22)11-13)25-12-14-6-2-3-7-15(14)20/h2-3,6-7,9-11,16H,8,12,21-22H2,1H3/t16-/m0/s1. The normalized spacial score (nSPS) is 11.2. The quantitative estimate of drug-likeness (QED) is 0.494. The Bertz CT molecular complexity index is 812. The van der Waals surface area contributed by atoms with E-state index in [2.05, 4.69) is 16.6 Å². The van der Waals surface area contributed by atoms with E-state index in [0.29, 0.717) is 22.6 Å². The van der Waals surface area contributed by atoms with Crippen LogP contribution in [0, 0.1) is 17.7 Å². The van der Waals surface area contributed by atoms with Gasteiger partial charge in [-0.2, -0.15) is 0 Å². The number of ether oxygens (including phenoxy) is 2. The fourth-order valence-electron chi connectivity index (χ4n) is 2.03. The second kappa shape index (κ2) is 8.71. The number of halogens is 1. The second-order valence-electron chi connectivity index (χ2n) is 5.27. The number of benzene rings is 2. The maximum atomic E-state index is 13.6. The number of anilines is 1. The summed E-state index contributed by atoms with van der Waals surface area (Å²) in [5.74, 6) is 5.29. The number of hydrogen-bond donors (Lipinski definition) is 2. The van der Waals surface area contributed by atoms with E-state index in [9.17, 15) is 9.18 Å². The van der Waals surface area contributed by atoms with Gasteiger partial charge in [-0.3, -0.25) is 4.79 Å². The summed E-state index contributed by atoms with van der Waals surface area (Å²) in [7, 11) is 1.27. The summed E-state index contributed by atoms with van der Waals surface area (Å²) in [5.41, 5.74) is 13.0. The van der Waals surface area contributed by atoms with Crippen molar-refractivity contribution in [1.29, 1.82) is 0 Å². The number of methoxy groups -OCH3 is 1. The molecule has 2 aromatic rings. The highest BCUT2D eigenvalue weighted by molar-refractivity contribution is 5.75. The van der Waals surface area contributed by atoms with Gasteiger partial charge in [-0.1, -0.05) is 30.0 Å². The van der Waals surface area contributed by atoms with Crippen molar-refractivity contribution in [2.24, 2.45) is 5.73 Å². The molecule has 0 amide bonds. The highest BCUT2D eigenvalue weighted by atomic mass is 19.1. The third-order valence-electron chi connectivity index (χ3n) is 3.41. The van der Waals surface area contributed by atoms with Crippen molar-refractivity contribution in [3.8, 4) is 17.6 Å². The van der Waals surface area contributed by atoms with Gasteiger partial charge in [0.05, 0.1) is 12.8 Å². The van der Waals surface area contributed by atoms with E-state index in [-0.39, 0.29) is 18.8 Å². The van der Waals surface area contributed by atoms with Gasteiger partial charge in [0.2, 0.25) is 0 Å². The largest absolute Gasteiger partial charge is 0.487 e. The smallest absolute Gasteiger partial charge is 0.323 e. The van der Waals surface area contributed by atoms with Crippen LogP contribution in [-0.4, -0.2) is 19.1 Å². The van der Waals surface area contributed by atoms with Gasteiger partial charge in [-0.15, -0.1) is 0 Å². The van der Waals surface area contributed by atoms with Crippen LogP contribution in [0.2, 0.25) is 0 Å². The minimum Gasteiger partial charge on any atom is -0.487 e. The van der Waals surface area contributed by atoms with Crippen molar-refractivity contribution in [3.05, 3.63) is 59.4 Å². The van der Waals surface area contributed by atoms with Crippen LogP contribution in [0.25, 0.3) is 0 Å². The number of nitrogens with two attached hydrogens (primary N) is 2. The van der Waals surface area contributed by atoms with Gasteiger partial charge in [0.15, 0.2) is 0 Å². The van der Waals surface area contributed by atoms with Crippen molar-refractivity contribution in [1.82, 2.24) is 0 Å². The van der Waals surface area contributed by atoms with Crippen LogP contribution < -0.4 is 16.2 Å². The van der Waals surface area contributed by atoms with E-state index < -0.39 is 12.0 Å². The molecular weight excluding hydrogens is 323 g/mol. The summed E-state index contributed by atoms with van der Waals surface area (Å²) in [6.45, 7) is 0.0792. The maximum absolute atomic E-state index is 13.6. The number of rotatable bonds is 5. The first-order valence-electron chi connectivity index (χ1n) is 7.59. The molecule has 0 aliphatic heterocycles. The molecule has 0 aliphatic carbocycles. The molecule has 2 rings (SSSR count). The number of esters is 1. The van der Waals surface area contributed by atoms with E-state index >= 15 is 0 Å². The third kappa shape index (κ3) is 5.23. The molecule has 4 N–H and O–H groups in total. The fraction of sp³-hybridized carbons (Fsp3) is 0.211. The average molecular weight is 342 g/mol. The monoisotopic (exact) mass is 342 g/mol. The first kappa shape index (κ1) is 18.3. The van der Waals surface area contributed by atoms with E-state index in [1.165, 1.54) is 13.2 Å². The van der Waals surface area contributed by atoms with Gasteiger partial charge in [-0.25, -0.2) is 4.39 Å². The number of carbonyl (C=O) groups excluding carboxylic acids is 1. The molecule has 6 heteroatoms. The third-order valence-corrected chi connectivity index (χ3v) is 3.41. The molecule has 0 radical (unpaired) electrons. The Morgan fingerprint density at radius 3 is 2.72 bits per heavy atom. The molecule has 0 fully saturated rings. The molecule has 0 saturated heterocycles. The molecule has 5 nitrogen and oxygen atoms in total. The van der Waals surface area contributed by atoms with Gasteiger partial charge in [0, 0.05) is 17.5 Å². The summed E-state index contributed by atoms with van der Waals surface area (Å²) in [5, 5.41) is 0. The molecule has 0 heterocycles. The Morgan fingerprint density at radius 2 is 2.04 bits per heavy atom. The molecule has 0 spiro atoms. The van der Waals surface area contributed by atoms with E-state index in [4.69, 9.17) is 16.2 Å². The topological polar surface area (TPSA) is 87.6 Å². The number of nitrogen functional groups attached to an aromatic ring is 1. The summed E-state index contributed by atoms with van der Waals surface area (Å²) in [6.07, 6.45) is 0.179. The van der Waals surface area contributed by atoms with Crippen molar-refractivity contribution >= 4 is 11.7 Å². The fourth-order valence-corrected chi connectivity index (χ4v) is 2.03. The summed E-state index contributed by atoms with van der Waals surface area (Å²) >= 11 is 0. The predicted molar refractivity (Wildman–Crippen MR) is 93.1 cm³/mol. The lowest BCUT2D eigenvalue weighted by Crippen LogP contribution is -2.30. The minimum absolute atomic E-state index is 0.0792. The highest BCUT2D eigenvalue weighted by Crippen LogP contribution is 2.23. The Labute approximate surface area is 145 Å². The van der Waals surface area contributed by atoms with Crippen molar-refractivity contribution in [2.45, 2.75) is 19.1 Å². The number of carbonyl (C=O) groups is 1. The highest BCUT2D eigenvalue weighted by Gasteiger charge is 2.11. The summed E-state index contributed by atoms with van der Waals surface area (Å²) < 4.78 is 23.7. The lowest BCUT2D eigenvalue weighted by molar-refractivity contribution is -0.142. The molecule has 0 unspecified atom stereocenters. The zero-order chi connectivity index (χ0) is 18.2. The lowest BCUT2D eigenvalue weighted by atomic mass is 10.1. The van der Waals surface area contributed by atoms with E-state index in [1.54, 1.807) is 36.4 Å². The van der Waals surface area contributed by atoms with Crippen molar-refractivity contribution < 1.29 is 18.7 Å². The van der Waals surface area contributed by atoms with Crippen molar-refractivity contribution in [3.63, 3.8) is 0 Å². The lowest BCUT2D eigenvalue weighted by Gasteiger charge is -2.09. The maximum Gasteiger partial charge on any atom is 0.323 e. The van der Waals surface area contributed by atoms with Gasteiger partial charge >= 0.3 is 5.97 Å². The Hall–Kier alpha value is -3.04. The molecule has 0 aromatic heterocycles. The molecular formula is C19H19FN2O3. The molecule has 0 bridgehead atoms. The Morgan fingerprint density at radius 1 is 1.28 bits per heavy atom. The first-order chi connectivity index (χ1) is 12.0. The van der Waals surface area contributed by atoms with Gasteiger partial charge in [0.25, 0.3) is 0 Å². The van der Waals surface area contributed by atoms with Crippen LogP contribution in [0.1, 0.15) is 17.5 Å². The zero-order valence-electron chi connectivity index (χ0n) is 13.8. The van der Waals surface area contributed by atoms with Crippen LogP contribution >= 0.6 is 0 Å². The second-order valence-corrected chi connectivity index (χ2v) is 5.27. The Kier molecular flexibility index (Phi) is 6.38. The van der Waals surface area contributed by atoms with Gasteiger partial charge in [-0.05, 0) is 24.3 Å². The Balaban J connectivity index is 1.99. The average Bonchev–Trinajstić information content (AvgIpc) is 2.61. The van der Waals surface area contributed by atoms with Gasteiger partial charge in [0.1, 0.15) is 24.2 Å². The number of hydrogen-bond acceptors (Lipinski definition) is 5. The molecule has 0 saturated carbocycles. The minimum atomic E-state index is -0.779. The van der Waals surface area contributed by atoms with E-state index in [1.807, 2.05) is 0 Å². The molecule has 130 valence electrons. The van der Waals surface area contributed by atoms with Crippen LogP contribution in [0.15, 0.2) is 42.5 Å². The van der Waals surface area contributed by atoms with Crippen LogP contribution in [-0.2, 0) is 16.1 Å². The van der Waals surface area contributed by atoms with Crippen LogP contribution in [0.4, 0.5) is 10.1 Å². The van der Waals surface area contributed by atoms with Crippen LogP contribution in [0.5, 0.6) is 5.75 Å². The zero-order valence-corrected chi connectivity index (χ0v) is 13.8. The SMILES string of the molecule is COC(=O)[C@@H](N)CC#Cc1ccc(OCc2ccccc2F)c(N)c1.